The molecule has 0 aromatic heterocycles. The highest BCUT2D eigenvalue weighted by Gasteiger charge is 2.40. The van der Waals surface area contributed by atoms with Crippen molar-refractivity contribution in [2.75, 3.05) is 0 Å². The first-order chi connectivity index (χ1) is 11.8. The van der Waals surface area contributed by atoms with Crippen molar-refractivity contribution in [3.63, 3.8) is 0 Å². The number of hydrogen-bond donors (Lipinski definition) is 3. The molecule has 0 aliphatic heterocycles. The summed E-state index contributed by atoms with van der Waals surface area (Å²) >= 11 is 0. The largest absolute Gasteiger partial charge is 0.478 e. The Labute approximate surface area is 148 Å². The minimum Gasteiger partial charge on any atom is -0.478 e. The summed E-state index contributed by atoms with van der Waals surface area (Å²) in [5, 5.41) is 28.4. The number of aliphatic hydroxyl groups excluding tert-OH is 2. The molecule has 0 amide bonds. The van der Waals surface area contributed by atoms with Crippen molar-refractivity contribution in [2.24, 2.45) is 11.8 Å². The Morgan fingerprint density at radius 3 is 2.72 bits per heavy atom. The molecule has 1 saturated carbocycles. The molecule has 4 atom stereocenters. The highest BCUT2D eigenvalue weighted by atomic mass is 16.4. The third-order valence-electron chi connectivity index (χ3n) is 4.44. The van der Waals surface area contributed by atoms with Crippen LogP contribution in [0.3, 0.4) is 0 Å². The molecule has 1 rings (SSSR count). The Morgan fingerprint density at radius 1 is 1.36 bits per heavy atom. The lowest BCUT2D eigenvalue weighted by molar-refractivity contribution is -0.131. The van der Waals surface area contributed by atoms with Crippen LogP contribution in [-0.4, -0.2) is 45.1 Å². The monoisotopic (exact) mass is 352 g/mol. The van der Waals surface area contributed by atoms with Crippen molar-refractivity contribution in [3.8, 4) is 0 Å². The van der Waals surface area contributed by atoms with Gasteiger partial charge in [0.25, 0.3) is 0 Å². The van der Waals surface area contributed by atoms with Crippen LogP contribution in [0.25, 0.3) is 0 Å². The van der Waals surface area contributed by atoms with Crippen LogP contribution >= 0.6 is 0 Å². The second-order valence-corrected chi connectivity index (χ2v) is 6.54. The van der Waals surface area contributed by atoms with Gasteiger partial charge >= 0.3 is 5.97 Å². The summed E-state index contributed by atoms with van der Waals surface area (Å²) < 4.78 is 0. The van der Waals surface area contributed by atoms with Crippen molar-refractivity contribution in [3.05, 3.63) is 24.3 Å². The average molecular weight is 352 g/mol. The van der Waals surface area contributed by atoms with Crippen LogP contribution in [0.2, 0.25) is 0 Å². The Bertz CT molecular complexity index is 522. The van der Waals surface area contributed by atoms with Gasteiger partial charge in [-0.2, -0.15) is 0 Å². The predicted molar refractivity (Wildman–Crippen MR) is 92.9 cm³/mol. The number of aliphatic carboxylic acids is 1. The van der Waals surface area contributed by atoms with Crippen molar-refractivity contribution in [1.29, 1.82) is 0 Å². The van der Waals surface area contributed by atoms with Gasteiger partial charge in [0.2, 0.25) is 0 Å². The second kappa shape index (κ2) is 10.9. The summed E-state index contributed by atoms with van der Waals surface area (Å²) in [4.78, 5) is 34.5. The lowest BCUT2D eigenvalue weighted by Crippen LogP contribution is -2.22. The molecule has 0 radical (unpaired) electrons. The van der Waals surface area contributed by atoms with Crippen molar-refractivity contribution < 1.29 is 29.7 Å². The van der Waals surface area contributed by atoms with Crippen LogP contribution in [0.4, 0.5) is 0 Å². The van der Waals surface area contributed by atoms with Crippen molar-refractivity contribution in [1.82, 2.24) is 0 Å². The van der Waals surface area contributed by atoms with Crippen LogP contribution < -0.4 is 0 Å². The lowest BCUT2D eigenvalue weighted by atomic mass is 9.88. The van der Waals surface area contributed by atoms with Gasteiger partial charge in [0.15, 0.2) is 0 Å². The zero-order valence-corrected chi connectivity index (χ0v) is 14.6. The lowest BCUT2D eigenvalue weighted by Gasteiger charge is -2.17. The second-order valence-electron chi connectivity index (χ2n) is 6.54. The number of rotatable bonds is 11. The van der Waals surface area contributed by atoms with E-state index in [1.165, 1.54) is 6.08 Å². The van der Waals surface area contributed by atoms with Crippen LogP contribution in [0.15, 0.2) is 24.3 Å². The zero-order chi connectivity index (χ0) is 18.8. The molecule has 0 aromatic carbocycles. The smallest absolute Gasteiger partial charge is 0.327 e. The van der Waals surface area contributed by atoms with Crippen LogP contribution in [0, 0.1) is 11.8 Å². The fourth-order valence-electron chi connectivity index (χ4n) is 3.03. The zero-order valence-electron chi connectivity index (χ0n) is 14.6. The van der Waals surface area contributed by atoms with Gasteiger partial charge < -0.3 is 15.3 Å². The number of aliphatic hydroxyl groups is 2. The van der Waals surface area contributed by atoms with E-state index in [4.69, 9.17) is 5.11 Å². The first-order valence-electron chi connectivity index (χ1n) is 8.83. The van der Waals surface area contributed by atoms with Crippen LogP contribution in [-0.2, 0) is 14.4 Å². The number of carboxylic acid groups (broad SMARTS) is 1. The Kier molecular flexibility index (Phi) is 9.31. The summed E-state index contributed by atoms with van der Waals surface area (Å²) in [5.41, 5.74) is 0. The number of carbonyl (C=O) groups is 3. The summed E-state index contributed by atoms with van der Waals surface area (Å²) in [6.07, 6.45) is 7.27. The molecule has 0 spiro atoms. The third-order valence-corrected chi connectivity index (χ3v) is 4.44. The summed E-state index contributed by atoms with van der Waals surface area (Å²) in [6.45, 7) is 2.03. The normalized spacial score (nSPS) is 25.1. The number of allylic oxidation sites excluding steroid dienone is 1. The van der Waals surface area contributed by atoms with E-state index in [2.05, 4.69) is 0 Å². The minimum atomic E-state index is -1.06. The highest BCUT2D eigenvalue weighted by molar-refractivity contribution is 5.90. The Morgan fingerprint density at radius 2 is 2.08 bits per heavy atom. The topological polar surface area (TPSA) is 112 Å². The van der Waals surface area contributed by atoms with Gasteiger partial charge in [0.05, 0.1) is 12.2 Å². The highest BCUT2D eigenvalue weighted by Crippen LogP contribution is 2.33. The molecule has 6 nitrogen and oxygen atoms in total. The Hall–Kier alpha value is -1.79. The van der Waals surface area contributed by atoms with Gasteiger partial charge in [-0.3, -0.25) is 9.59 Å². The first kappa shape index (κ1) is 21.3. The summed E-state index contributed by atoms with van der Waals surface area (Å²) in [7, 11) is 0. The van der Waals surface area contributed by atoms with Gasteiger partial charge in [-0.25, -0.2) is 4.79 Å². The van der Waals surface area contributed by atoms with E-state index >= 15 is 0 Å². The number of ketones is 2. The number of hydrogen-bond acceptors (Lipinski definition) is 5. The van der Waals surface area contributed by atoms with Crippen molar-refractivity contribution in [2.45, 2.75) is 64.1 Å². The molecule has 1 aliphatic rings. The van der Waals surface area contributed by atoms with Crippen LogP contribution in [0.5, 0.6) is 0 Å². The van der Waals surface area contributed by atoms with Crippen molar-refractivity contribution >= 4 is 17.5 Å². The number of Topliss-reactive ketones (excluding diaryl/α,β-unsaturated/α-hetero) is 2. The van der Waals surface area contributed by atoms with Crippen LogP contribution in [0.1, 0.15) is 51.9 Å². The SMILES string of the molecule is CCCCC(O)C=C[C@H]1C(O)CC(=O)[C@@H]1CC(=O)CCC=CC(=O)O. The molecule has 25 heavy (non-hydrogen) atoms. The fourth-order valence-corrected chi connectivity index (χ4v) is 3.03. The number of carboxylic acids is 1. The molecular formula is C19H28O6. The molecule has 1 aliphatic carbocycles. The van der Waals surface area contributed by atoms with E-state index in [-0.39, 0.29) is 30.8 Å². The maximum atomic E-state index is 12.1. The summed E-state index contributed by atoms with van der Waals surface area (Å²) in [6, 6.07) is 0. The average Bonchev–Trinajstić information content (AvgIpc) is 2.81. The molecule has 0 bridgehead atoms. The van der Waals surface area contributed by atoms with E-state index < -0.39 is 30.0 Å². The third kappa shape index (κ3) is 7.75. The van der Waals surface area contributed by atoms with Gasteiger partial charge in [0.1, 0.15) is 11.6 Å². The number of carbonyl (C=O) groups excluding carboxylic acids is 2. The first-order valence-corrected chi connectivity index (χ1v) is 8.83. The Balaban J connectivity index is 2.59. The minimum absolute atomic E-state index is 0.0247. The molecule has 2 unspecified atom stereocenters. The molecule has 140 valence electrons. The molecule has 6 heteroatoms. The molecular weight excluding hydrogens is 324 g/mol. The van der Waals surface area contributed by atoms with E-state index in [1.54, 1.807) is 12.2 Å². The maximum Gasteiger partial charge on any atom is 0.327 e. The molecule has 3 N–H and O–H groups in total. The van der Waals surface area contributed by atoms with E-state index in [9.17, 15) is 24.6 Å². The fraction of sp³-hybridized carbons (Fsp3) is 0.632. The summed E-state index contributed by atoms with van der Waals surface area (Å²) in [5.74, 6) is -2.36. The predicted octanol–water partition coefficient (Wildman–Crippen LogP) is 2.04. The molecule has 0 saturated heterocycles. The van der Waals surface area contributed by atoms with E-state index in [1.807, 2.05) is 6.92 Å². The molecule has 0 heterocycles. The maximum absolute atomic E-state index is 12.1. The molecule has 0 aromatic rings. The molecule has 1 fully saturated rings. The van der Waals surface area contributed by atoms with Gasteiger partial charge in [-0.05, 0) is 12.8 Å². The quantitative estimate of drug-likeness (QED) is 0.387. The standard InChI is InChI=1S/C19H28O6/c1-2-3-6-13(20)9-10-15-16(18(23)12-17(15)22)11-14(21)7-4-5-8-19(24)25/h5,8-10,13,15-17,20,22H,2-4,6-7,11-12H2,1H3,(H,24,25)/t13?,15-,16-,17?/m1/s1. The van der Waals surface area contributed by atoms with E-state index in [0.717, 1.165) is 18.9 Å². The number of unbranched alkanes of at least 4 members (excludes halogenated alkanes) is 1. The van der Waals surface area contributed by atoms with Gasteiger partial charge in [-0.1, -0.05) is 38.0 Å². The van der Waals surface area contributed by atoms with Gasteiger partial charge in [-0.15, -0.1) is 0 Å². The van der Waals surface area contributed by atoms with Gasteiger partial charge in [0, 0.05) is 37.2 Å². The van der Waals surface area contributed by atoms with E-state index in [0.29, 0.717) is 12.8 Å².